The lowest BCUT2D eigenvalue weighted by Gasteiger charge is -2.32. The number of benzene rings is 1. The van der Waals surface area contributed by atoms with Gasteiger partial charge in [-0.1, -0.05) is 30.3 Å². The predicted molar refractivity (Wildman–Crippen MR) is 81.3 cm³/mol. The summed E-state index contributed by atoms with van der Waals surface area (Å²) in [5, 5.41) is 0. The van der Waals surface area contributed by atoms with E-state index in [0.717, 1.165) is 25.1 Å². The molecule has 2 atom stereocenters. The molecule has 2 unspecified atom stereocenters. The summed E-state index contributed by atoms with van der Waals surface area (Å²) in [5.74, 6) is -0.0241. The van der Waals surface area contributed by atoms with Gasteiger partial charge in [-0.05, 0) is 38.9 Å². The van der Waals surface area contributed by atoms with E-state index in [9.17, 15) is 4.79 Å². The van der Waals surface area contributed by atoms with Crippen molar-refractivity contribution in [2.45, 2.75) is 31.3 Å². The summed E-state index contributed by atoms with van der Waals surface area (Å²) in [6, 6.07) is 10.0. The standard InChI is InChI=1S/C16H25N3O/c1-16(17,13-8-5-4-6-9-13)15(20)19(3)12-14-10-7-11-18(14)2/h4-6,8-9,14H,7,10-12,17H2,1-3H3. The van der Waals surface area contributed by atoms with Crippen LogP contribution in [0.15, 0.2) is 30.3 Å². The zero-order valence-electron chi connectivity index (χ0n) is 12.7. The third kappa shape index (κ3) is 3.02. The van der Waals surface area contributed by atoms with Gasteiger partial charge in [-0.25, -0.2) is 0 Å². The van der Waals surface area contributed by atoms with Crippen LogP contribution in [-0.4, -0.2) is 48.9 Å². The fourth-order valence-corrected chi connectivity index (χ4v) is 2.91. The molecule has 0 radical (unpaired) electrons. The summed E-state index contributed by atoms with van der Waals surface area (Å²) in [7, 11) is 3.97. The Balaban J connectivity index is 2.06. The van der Waals surface area contributed by atoms with Crippen molar-refractivity contribution in [2.24, 2.45) is 5.73 Å². The van der Waals surface area contributed by atoms with Crippen molar-refractivity contribution in [3.05, 3.63) is 35.9 Å². The van der Waals surface area contributed by atoms with Gasteiger partial charge in [0.15, 0.2) is 0 Å². The topological polar surface area (TPSA) is 49.6 Å². The summed E-state index contributed by atoms with van der Waals surface area (Å²) >= 11 is 0. The molecule has 0 spiro atoms. The molecule has 2 N–H and O–H groups in total. The van der Waals surface area contributed by atoms with Gasteiger partial charge < -0.3 is 15.5 Å². The predicted octanol–water partition coefficient (Wildman–Crippen LogP) is 1.41. The molecular weight excluding hydrogens is 250 g/mol. The molecule has 1 saturated heterocycles. The Morgan fingerprint density at radius 2 is 2.10 bits per heavy atom. The van der Waals surface area contributed by atoms with Crippen LogP contribution in [0, 0.1) is 0 Å². The first-order valence-electron chi connectivity index (χ1n) is 7.23. The Hall–Kier alpha value is -1.39. The number of carbonyl (C=O) groups excluding carboxylic acids is 1. The van der Waals surface area contributed by atoms with Crippen LogP contribution in [0.3, 0.4) is 0 Å². The van der Waals surface area contributed by atoms with Crippen molar-refractivity contribution in [1.82, 2.24) is 9.80 Å². The van der Waals surface area contributed by atoms with E-state index in [-0.39, 0.29) is 5.91 Å². The highest BCUT2D eigenvalue weighted by molar-refractivity contribution is 5.86. The van der Waals surface area contributed by atoms with Gasteiger partial charge >= 0.3 is 0 Å². The zero-order chi connectivity index (χ0) is 14.8. The molecule has 1 fully saturated rings. The number of hydrogen-bond acceptors (Lipinski definition) is 3. The summed E-state index contributed by atoms with van der Waals surface area (Å²) < 4.78 is 0. The number of nitrogens with zero attached hydrogens (tertiary/aromatic N) is 2. The second-order valence-corrected chi connectivity index (χ2v) is 6.03. The van der Waals surface area contributed by atoms with E-state index in [0.29, 0.717) is 6.04 Å². The van der Waals surface area contributed by atoms with E-state index in [1.165, 1.54) is 6.42 Å². The van der Waals surface area contributed by atoms with Gasteiger partial charge in [-0.3, -0.25) is 4.79 Å². The smallest absolute Gasteiger partial charge is 0.246 e. The van der Waals surface area contributed by atoms with E-state index in [2.05, 4.69) is 11.9 Å². The van der Waals surface area contributed by atoms with Crippen LogP contribution in [0.25, 0.3) is 0 Å². The van der Waals surface area contributed by atoms with Crippen LogP contribution in [0.1, 0.15) is 25.3 Å². The first kappa shape index (κ1) is 15.0. The quantitative estimate of drug-likeness (QED) is 0.904. The molecule has 20 heavy (non-hydrogen) atoms. The van der Waals surface area contributed by atoms with Gasteiger partial charge in [0.25, 0.3) is 0 Å². The Labute approximate surface area is 121 Å². The minimum absolute atomic E-state index is 0.0241. The number of likely N-dealkylation sites (N-methyl/N-ethyl adjacent to an activating group) is 2. The second kappa shape index (κ2) is 5.94. The summed E-state index contributed by atoms with van der Waals surface area (Å²) in [5.41, 5.74) is 6.18. The molecular formula is C16H25N3O. The van der Waals surface area contributed by atoms with Gasteiger partial charge in [-0.15, -0.1) is 0 Å². The number of rotatable bonds is 4. The van der Waals surface area contributed by atoms with Crippen LogP contribution in [-0.2, 0) is 10.3 Å². The highest BCUT2D eigenvalue weighted by Gasteiger charge is 2.34. The first-order chi connectivity index (χ1) is 9.43. The van der Waals surface area contributed by atoms with Gasteiger partial charge in [-0.2, -0.15) is 0 Å². The average Bonchev–Trinajstić information content (AvgIpc) is 2.84. The highest BCUT2D eigenvalue weighted by atomic mass is 16.2. The Morgan fingerprint density at radius 1 is 1.45 bits per heavy atom. The molecule has 110 valence electrons. The molecule has 2 rings (SSSR count). The zero-order valence-corrected chi connectivity index (χ0v) is 12.7. The number of hydrogen-bond donors (Lipinski definition) is 1. The Morgan fingerprint density at radius 3 is 2.65 bits per heavy atom. The lowest BCUT2D eigenvalue weighted by Crippen LogP contribution is -2.52. The highest BCUT2D eigenvalue weighted by Crippen LogP contribution is 2.21. The van der Waals surface area contributed by atoms with Crippen LogP contribution in [0.5, 0.6) is 0 Å². The molecule has 1 aliphatic rings. The lowest BCUT2D eigenvalue weighted by molar-refractivity contribution is -0.136. The molecule has 0 aromatic heterocycles. The maximum absolute atomic E-state index is 12.6. The Kier molecular flexibility index (Phi) is 4.45. The number of carbonyl (C=O) groups is 1. The number of likely N-dealkylation sites (tertiary alicyclic amines) is 1. The maximum atomic E-state index is 12.6. The van der Waals surface area contributed by atoms with Crippen LogP contribution in [0.2, 0.25) is 0 Å². The molecule has 0 saturated carbocycles. The second-order valence-electron chi connectivity index (χ2n) is 6.03. The van der Waals surface area contributed by atoms with Crippen molar-refractivity contribution in [2.75, 3.05) is 27.2 Å². The minimum Gasteiger partial charge on any atom is -0.342 e. The van der Waals surface area contributed by atoms with Gasteiger partial charge in [0, 0.05) is 19.6 Å². The van der Waals surface area contributed by atoms with Crippen LogP contribution >= 0.6 is 0 Å². The molecule has 0 bridgehead atoms. The minimum atomic E-state index is -0.965. The molecule has 1 amide bonds. The molecule has 1 aromatic rings. The van der Waals surface area contributed by atoms with E-state index >= 15 is 0 Å². The summed E-state index contributed by atoms with van der Waals surface area (Å²) in [6.07, 6.45) is 2.36. The van der Waals surface area contributed by atoms with Crippen LogP contribution < -0.4 is 5.73 Å². The van der Waals surface area contributed by atoms with E-state index in [1.807, 2.05) is 37.4 Å². The van der Waals surface area contributed by atoms with E-state index in [1.54, 1.807) is 11.8 Å². The fourth-order valence-electron chi connectivity index (χ4n) is 2.91. The van der Waals surface area contributed by atoms with Crippen molar-refractivity contribution in [1.29, 1.82) is 0 Å². The number of nitrogens with two attached hydrogens (primary N) is 1. The fraction of sp³-hybridized carbons (Fsp3) is 0.562. The molecule has 4 heteroatoms. The SMILES string of the molecule is CN(CC1CCCN1C)C(=O)C(C)(N)c1ccccc1. The molecule has 1 heterocycles. The van der Waals surface area contributed by atoms with Gasteiger partial charge in [0.05, 0.1) is 0 Å². The third-order valence-corrected chi connectivity index (χ3v) is 4.32. The van der Waals surface area contributed by atoms with Crippen molar-refractivity contribution in [3.8, 4) is 0 Å². The van der Waals surface area contributed by atoms with E-state index in [4.69, 9.17) is 5.73 Å². The molecule has 1 aromatic carbocycles. The monoisotopic (exact) mass is 275 g/mol. The Bertz CT molecular complexity index is 458. The molecule has 0 aliphatic carbocycles. The van der Waals surface area contributed by atoms with Crippen molar-refractivity contribution < 1.29 is 4.79 Å². The third-order valence-electron chi connectivity index (χ3n) is 4.32. The van der Waals surface area contributed by atoms with Gasteiger partial charge in [0.2, 0.25) is 5.91 Å². The normalized spacial score (nSPS) is 22.5. The summed E-state index contributed by atoms with van der Waals surface area (Å²) in [4.78, 5) is 16.7. The van der Waals surface area contributed by atoms with Gasteiger partial charge in [0.1, 0.15) is 5.54 Å². The van der Waals surface area contributed by atoms with Crippen molar-refractivity contribution in [3.63, 3.8) is 0 Å². The van der Waals surface area contributed by atoms with Crippen LogP contribution in [0.4, 0.5) is 0 Å². The van der Waals surface area contributed by atoms with E-state index < -0.39 is 5.54 Å². The average molecular weight is 275 g/mol. The molecule has 4 nitrogen and oxygen atoms in total. The largest absolute Gasteiger partial charge is 0.342 e. The first-order valence-corrected chi connectivity index (χ1v) is 7.23. The number of amides is 1. The summed E-state index contributed by atoms with van der Waals surface area (Å²) in [6.45, 7) is 3.65. The lowest BCUT2D eigenvalue weighted by atomic mass is 9.91. The maximum Gasteiger partial charge on any atom is 0.246 e. The molecule has 1 aliphatic heterocycles. The van der Waals surface area contributed by atoms with Crippen molar-refractivity contribution >= 4 is 5.91 Å².